The number of ether oxygens (including phenoxy) is 2. The van der Waals surface area contributed by atoms with E-state index in [2.05, 4.69) is 18.7 Å². The summed E-state index contributed by atoms with van der Waals surface area (Å²) < 4.78 is 11.3. The molecule has 0 aromatic carbocycles. The third kappa shape index (κ3) is 3.67. The largest absolute Gasteiger partial charge is 0.481 e. The predicted molar refractivity (Wildman–Crippen MR) is 66.6 cm³/mol. The van der Waals surface area contributed by atoms with E-state index in [0.717, 1.165) is 25.9 Å². The minimum absolute atomic E-state index is 0.0106. The molecule has 2 unspecified atom stereocenters. The standard InChI is InChI=1S/C13H23NO4/c1-13(2)4-3-11(18-13)8-14-5-6-17-9-10(14)7-12(15)16/h10-11H,3-9H2,1-2H3,(H,15,16). The summed E-state index contributed by atoms with van der Waals surface area (Å²) in [4.78, 5) is 13.1. The number of carbonyl (C=O) groups is 1. The molecule has 2 heterocycles. The van der Waals surface area contributed by atoms with Crippen molar-refractivity contribution in [1.29, 1.82) is 0 Å². The van der Waals surface area contributed by atoms with Crippen LogP contribution in [0, 0.1) is 0 Å². The fourth-order valence-electron chi connectivity index (χ4n) is 2.79. The van der Waals surface area contributed by atoms with Gasteiger partial charge in [0.05, 0.1) is 31.3 Å². The van der Waals surface area contributed by atoms with Gasteiger partial charge in [-0.1, -0.05) is 0 Å². The van der Waals surface area contributed by atoms with Crippen LogP contribution in [0.15, 0.2) is 0 Å². The zero-order valence-electron chi connectivity index (χ0n) is 11.2. The van der Waals surface area contributed by atoms with Gasteiger partial charge in [0, 0.05) is 19.1 Å². The van der Waals surface area contributed by atoms with Crippen molar-refractivity contribution in [3.05, 3.63) is 0 Å². The van der Waals surface area contributed by atoms with Gasteiger partial charge < -0.3 is 14.6 Å². The second kappa shape index (κ2) is 5.55. The number of hydrogen-bond acceptors (Lipinski definition) is 4. The van der Waals surface area contributed by atoms with E-state index in [-0.39, 0.29) is 24.2 Å². The third-order valence-electron chi connectivity index (χ3n) is 3.75. The Kier molecular flexibility index (Phi) is 4.25. The predicted octanol–water partition coefficient (Wildman–Crippen LogP) is 1.12. The molecule has 1 N–H and O–H groups in total. The summed E-state index contributed by atoms with van der Waals surface area (Å²) in [5.74, 6) is -0.761. The fraction of sp³-hybridized carbons (Fsp3) is 0.923. The van der Waals surface area contributed by atoms with Crippen LogP contribution in [-0.4, -0.2) is 60.0 Å². The van der Waals surface area contributed by atoms with Gasteiger partial charge in [0.15, 0.2) is 0 Å². The second-order valence-electron chi connectivity index (χ2n) is 5.86. The molecule has 0 bridgehead atoms. The Morgan fingerprint density at radius 2 is 2.28 bits per heavy atom. The molecule has 0 amide bonds. The molecule has 0 aliphatic carbocycles. The maximum atomic E-state index is 10.8. The smallest absolute Gasteiger partial charge is 0.305 e. The van der Waals surface area contributed by atoms with E-state index < -0.39 is 5.97 Å². The van der Waals surface area contributed by atoms with E-state index in [9.17, 15) is 4.79 Å². The Bertz CT molecular complexity index is 305. The monoisotopic (exact) mass is 257 g/mol. The highest BCUT2D eigenvalue weighted by atomic mass is 16.5. The van der Waals surface area contributed by atoms with Crippen molar-refractivity contribution >= 4 is 5.97 Å². The molecule has 0 aromatic heterocycles. The van der Waals surface area contributed by atoms with Crippen molar-refractivity contribution < 1.29 is 19.4 Å². The van der Waals surface area contributed by atoms with E-state index in [1.807, 2.05) is 0 Å². The first kappa shape index (κ1) is 13.8. The molecule has 0 aromatic rings. The van der Waals surface area contributed by atoms with Crippen LogP contribution >= 0.6 is 0 Å². The number of aliphatic carboxylic acids is 1. The van der Waals surface area contributed by atoms with E-state index >= 15 is 0 Å². The maximum absolute atomic E-state index is 10.8. The molecule has 2 fully saturated rings. The van der Waals surface area contributed by atoms with Gasteiger partial charge in [-0.3, -0.25) is 9.69 Å². The van der Waals surface area contributed by atoms with Crippen molar-refractivity contribution in [2.45, 2.75) is 50.9 Å². The van der Waals surface area contributed by atoms with Crippen LogP contribution in [0.5, 0.6) is 0 Å². The zero-order valence-corrected chi connectivity index (χ0v) is 11.2. The summed E-state index contributed by atoms with van der Waals surface area (Å²) in [5.41, 5.74) is -0.0285. The molecule has 2 atom stereocenters. The van der Waals surface area contributed by atoms with Crippen molar-refractivity contribution in [2.75, 3.05) is 26.3 Å². The van der Waals surface area contributed by atoms with Gasteiger partial charge in [0.1, 0.15) is 0 Å². The van der Waals surface area contributed by atoms with Crippen LogP contribution < -0.4 is 0 Å². The van der Waals surface area contributed by atoms with Gasteiger partial charge in [-0.25, -0.2) is 0 Å². The van der Waals surface area contributed by atoms with E-state index in [1.54, 1.807) is 0 Å². The summed E-state index contributed by atoms with van der Waals surface area (Å²) in [5, 5.41) is 8.91. The lowest BCUT2D eigenvalue weighted by atomic mass is 10.0. The molecule has 2 aliphatic rings. The molecule has 0 spiro atoms. The first-order chi connectivity index (χ1) is 8.46. The summed E-state index contributed by atoms with van der Waals surface area (Å²) in [6.07, 6.45) is 2.51. The molecule has 2 aliphatic heterocycles. The topological polar surface area (TPSA) is 59.0 Å². The fourth-order valence-corrected chi connectivity index (χ4v) is 2.79. The Morgan fingerprint density at radius 3 is 2.89 bits per heavy atom. The van der Waals surface area contributed by atoms with Gasteiger partial charge >= 0.3 is 5.97 Å². The number of rotatable bonds is 4. The minimum Gasteiger partial charge on any atom is -0.481 e. The molecule has 18 heavy (non-hydrogen) atoms. The number of carboxylic acids is 1. The molecular formula is C13H23NO4. The van der Waals surface area contributed by atoms with Crippen LogP contribution in [0.3, 0.4) is 0 Å². The molecule has 2 rings (SSSR count). The molecule has 2 saturated heterocycles. The minimum atomic E-state index is -0.761. The highest BCUT2D eigenvalue weighted by molar-refractivity contribution is 5.67. The summed E-state index contributed by atoms with van der Waals surface area (Å²) in [6, 6.07) is -0.0106. The second-order valence-corrected chi connectivity index (χ2v) is 5.86. The Balaban J connectivity index is 1.87. The van der Waals surface area contributed by atoms with Crippen LogP contribution in [0.1, 0.15) is 33.1 Å². The van der Waals surface area contributed by atoms with Gasteiger partial charge in [-0.2, -0.15) is 0 Å². The molecule has 5 heteroatoms. The van der Waals surface area contributed by atoms with Crippen LogP contribution in [0.4, 0.5) is 0 Å². The van der Waals surface area contributed by atoms with E-state index in [1.165, 1.54) is 0 Å². The first-order valence-corrected chi connectivity index (χ1v) is 6.68. The quantitative estimate of drug-likeness (QED) is 0.818. The molecule has 104 valence electrons. The lowest BCUT2D eigenvalue weighted by molar-refractivity contribution is -0.141. The van der Waals surface area contributed by atoms with E-state index in [0.29, 0.717) is 13.2 Å². The Hall–Kier alpha value is -0.650. The van der Waals surface area contributed by atoms with Crippen molar-refractivity contribution in [2.24, 2.45) is 0 Å². The van der Waals surface area contributed by atoms with Gasteiger partial charge in [-0.15, -0.1) is 0 Å². The highest BCUT2D eigenvalue weighted by Gasteiger charge is 2.35. The molecule has 0 radical (unpaired) electrons. The number of nitrogens with zero attached hydrogens (tertiary/aromatic N) is 1. The van der Waals surface area contributed by atoms with Crippen LogP contribution in [-0.2, 0) is 14.3 Å². The van der Waals surface area contributed by atoms with Gasteiger partial charge in [-0.05, 0) is 26.7 Å². The summed E-state index contributed by atoms with van der Waals surface area (Å²) in [6.45, 7) is 7.06. The zero-order chi connectivity index (χ0) is 13.2. The lowest BCUT2D eigenvalue weighted by Crippen LogP contribution is -2.49. The summed E-state index contributed by atoms with van der Waals surface area (Å²) >= 11 is 0. The molecule has 5 nitrogen and oxygen atoms in total. The average molecular weight is 257 g/mol. The van der Waals surface area contributed by atoms with Crippen molar-refractivity contribution in [1.82, 2.24) is 4.90 Å². The van der Waals surface area contributed by atoms with Crippen LogP contribution in [0.2, 0.25) is 0 Å². The molecule has 0 saturated carbocycles. The van der Waals surface area contributed by atoms with Gasteiger partial charge in [0.2, 0.25) is 0 Å². The Morgan fingerprint density at radius 1 is 1.50 bits per heavy atom. The lowest BCUT2D eigenvalue weighted by Gasteiger charge is -2.36. The van der Waals surface area contributed by atoms with Crippen molar-refractivity contribution in [3.63, 3.8) is 0 Å². The highest BCUT2D eigenvalue weighted by Crippen LogP contribution is 2.30. The number of carboxylic acid groups (broad SMARTS) is 1. The number of morpholine rings is 1. The van der Waals surface area contributed by atoms with Crippen LogP contribution in [0.25, 0.3) is 0 Å². The maximum Gasteiger partial charge on any atom is 0.305 e. The normalized spacial score (nSPS) is 32.6. The average Bonchev–Trinajstić information content (AvgIpc) is 2.60. The third-order valence-corrected chi connectivity index (χ3v) is 3.75. The van der Waals surface area contributed by atoms with Crippen molar-refractivity contribution in [3.8, 4) is 0 Å². The SMILES string of the molecule is CC1(C)CCC(CN2CCOCC2CC(=O)O)O1. The first-order valence-electron chi connectivity index (χ1n) is 6.68. The summed E-state index contributed by atoms with van der Waals surface area (Å²) in [7, 11) is 0. The van der Waals surface area contributed by atoms with Gasteiger partial charge in [0.25, 0.3) is 0 Å². The Labute approximate surface area is 108 Å². The molecular weight excluding hydrogens is 234 g/mol. The van der Waals surface area contributed by atoms with E-state index in [4.69, 9.17) is 14.6 Å². The number of hydrogen-bond donors (Lipinski definition) is 1.